The Balaban J connectivity index is 1.97. The van der Waals surface area contributed by atoms with Crippen LogP contribution in [0.25, 0.3) is 5.76 Å². The van der Waals surface area contributed by atoms with Gasteiger partial charge in [0.15, 0.2) is 11.5 Å². The van der Waals surface area contributed by atoms with Gasteiger partial charge in [0.2, 0.25) is 0 Å². The molecule has 6 nitrogen and oxygen atoms in total. The number of halogens is 2. The number of amides is 1. The van der Waals surface area contributed by atoms with Gasteiger partial charge in [-0.3, -0.25) is 4.79 Å². The van der Waals surface area contributed by atoms with Crippen LogP contribution in [-0.2, 0) is 4.79 Å². The molecule has 0 bridgehead atoms. The van der Waals surface area contributed by atoms with Crippen LogP contribution in [0.2, 0.25) is 10.0 Å². The van der Waals surface area contributed by atoms with Crippen molar-refractivity contribution in [2.75, 3.05) is 12.4 Å². The third-order valence-corrected chi connectivity index (χ3v) is 4.57. The van der Waals surface area contributed by atoms with Gasteiger partial charge in [-0.05, 0) is 42.5 Å². The van der Waals surface area contributed by atoms with Crippen LogP contribution in [0.1, 0.15) is 5.56 Å². The van der Waals surface area contributed by atoms with E-state index in [4.69, 9.17) is 27.9 Å². The van der Waals surface area contributed by atoms with Crippen molar-refractivity contribution in [3.8, 4) is 5.75 Å². The van der Waals surface area contributed by atoms with Gasteiger partial charge >= 0.3 is 0 Å². The predicted molar refractivity (Wildman–Crippen MR) is 119 cm³/mol. The molecule has 0 saturated carbocycles. The number of aliphatic hydroxyl groups is 1. The van der Waals surface area contributed by atoms with Gasteiger partial charge in [0, 0.05) is 10.6 Å². The second kappa shape index (κ2) is 9.91. The highest BCUT2D eigenvalue weighted by atomic mass is 35.5. The topological polar surface area (TPSA) is 83.3 Å². The van der Waals surface area contributed by atoms with Crippen LogP contribution in [0.5, 0.6) is 5.75 Å². The molecule has 0 aliphatic heterocycles. The minimum absolute atomic E-state index is 0.284. The lowest BCUT2D eigenvalue weighted by Crippen LogP contribution is -2.15. The Labute approximate surface area is 183 Å². The van der Waals surface area contributed by atoms with E-state index in [9.17, 15) is 9.90 Å². The van der Waals surface area contributed by atoms with E-state index in [1.54, 1.807) is 73.8 Å². The SMILES string of the molecule is COc1ccc(N=N/C(C(=O)Nc2cc(Cl)ccc2Cl)=C(\O)c2ccccc2)cc1. The number of benzene rings is 3. The van der Waals surface area contributed by atoms with Crippen LogP contribution < -0.4 is 10.1 Å². The van der Waals surface area contributed by atoms with Crippen molar-refractivity contribution in [3.63, 3.8) is 0 Å². The zero-order chi connectivity index (χ0) is 21.5. The lowest BCUT2D eigenvalue weighted by atomic mass is 10.1. The average molecular weight is 442 g/mol. The second-order valence-corrected chi connectivity index (χ2v) is 6.88. The smallest absolute Gasteiger partial charge is 0.280 e. The number of carbonyl (C=O) groups is 1. The van der Waals surface area contributed by atoms with E-state index in [-0.39, 0.29) is 17.1 Å². The second-order valence-electron chi connectivity index (χ2n) is 6.04. The maximum atomic E-state index is 12.9. The van der Waals surface area contributed by atoms with Crippen molar-refractivity contribution in [2.45, 2.75) is 0 Å². The molecule has 1 amide bonds. The molecule has 0 heterocycles. The molecule has 0 aromatic heterocycles. The highest BCUT2D eigenvalue weighted by Gasteiger charge is 2.18. The molecule has 3 rings (SSSR count). The number of aliphatic hydroxyl groups excluding tert-OH is 1. The van der Waals surface area contributed by atoms with E-state index in [1.807, 2.05) is 0 Å². The van der Waals surface area contributed by atoms with Crippen LogP contribution in [0.3, 0.4) is 0 Å². The molecule has 3 aromatic rings. The maximum Gasteiger partial charge on any atom is 0.280 e. The molecule has 30 heavy (non-hydrogen) atoms. The largest absolute Gasteiger partial charge is 0.505 e. The molecule has 0 saturated heterocycles. The number of hydrogen-bond donors (Lipinski definition) is 2. The summed E-state index contributed by atoms with van der Waals surface area (Å²) >= 11 is 12.1. The van der Waals surface area contributed by atoms with Gasteiger partial charge in [0.25, 0.3) is 5.91 Å². The number of azo groups is 1. The van der Waals surface area contributed by atoms with Crippen LogP contribution in [-0.4, -0.2) is 18.1 Å². The summed E-state index contributed by atoms with van der Waals surface area (Å²) in [6, 6.07) is 20.0. The Kier molecular flexibility index (Phi) is 7.06. The highest BCUT2D eigenvalue weighted by Crippen LogP contribution is 2.27. The molecular weight excluding hydrogens is 425 g/mol. The number of anilines is 1. The summed E-state index contributed by atoms with van der Waals surface area (Å²) in [4.78, 5) is 12.9. The monoisotopic (exact) mass is 441 g/mol. The summed E-state index contributed by atoms with van der Waals surface area (Å²) in [5, 5.41) is 22.1. The summed E-state index contributed by atoms with van der Waals surface area (Å²) in [6.45, 7) is 0. The number of ether oxygens (including phenoxy) is 1. The Bertz CT molecular complexity index is 1100. The van der Waals surface area contributed by atoms with Crippen molar-refractivity contribution in [1.29, 1.82) is 0 Å². The number of rotatable bonds is 6. The highest BCUT2D eigenvalue weighted by molar-refractivity contribution is 6.36. The van der Waals surface area contributed by atoms with Crippen molar-refractivity contribution >= 4 is 46.2 Å². The molecule has 0 aliphatic rings. The fourth-order valence-electron chi connectivity index (χ4n) is 2.46. The molecule has 0 spiro atoms. The number of nitrogens with zero attached hydrogens (tertiary/aromatic N) is 2. The van der Waals surface area contributed by atoms with Crippen LogP contribution in [0.4, 0.5) is 11.4 Å². The van der Waals surface area contributed by atoms with E-state index in [0.717, 1.165) is 0 Å². The number of methoxy groups -OCH3 is 1. The average Bonchev–Trinajstić information content (AvgIpc) is 2.77. The predicted octanol–water partition coefficient (Wildman–Crippen LogP) is 6.65. The molecule has 0 aliphatic carbocycles. The zero-order valence-electron chi connectivity index (χ0n) is 15.8. The third kappa shape index (κ3) is 5.37. The fourth-order valence-corrected chi connectivity index (χ4v) is 2.80. The van der Waals surface area contributed by atoms with Crippen molar-refractivity contribution < 1.29 is 14.6 Å². The number of nitrogens with one attached hydrogen (secondary N) is 1. The van der Waals surface area contributed by atoms with Gasteiger partial charge in [0.1, 0.15) is 5.75 Å². The third-order valence-electron chi connectivity index (χ3n) is 4.00. The molecule has 3 aromatic carbocycles. The first-order valence-corrected chi connectivity index (χ1v) is 9.54. The van der Waals surface area contributed by atoms with Gasteiger partial charge in [-0.15, -0.1) is 5.11 Å². The van der Waals surface area contributed by atoms with Crippen molar-refractivity contribution in [3.05, 3.63) is 94.1 Å². The Morgan fingerprint density at radius 1 is 1.00 bits per heavy atom. The first kappa shape index (κ1) is 21.4. The molecule has 8 heteroatoms. The standard InChI is InChI=1S/C22H17Cl2N3O3/c1-30-17-10-8-16(9-11-17)26-27-20(21(28)14-5-3-2-4-6-14)22(29)25-19-13-15(23)7-12-18(19)24/h2-13,28H,1H3,(H,25,29)/b21-20-,27-26?. The molecule has 152 valence electrons. The quantitative estimate of drug-likeness (QED) is 0.255. The zero-order valence-corrected chi connectivity index (χ0v) is 17.4. The van der Waals surface area contributed by atoms with Crippen molar-refractivity contribution in [2.24, 2.45) is 10.2 Å². The normalized spacial score (nSPS) is 11.8. The maximum absolute atomic E-state index is 12.9. The lowest BCUT2D eigenvalue weighted by molar-refractivity contribution is -0.112. The fraction of sp³-hybridized carbons (Fsp3) is 0.0455. The number of carbonyl (C=O) groups excluding carboxylic acids is 1. The summed E-state index contributed by atoms with van der Waals surface area (Å²) in [5.74, 6) is -0.369. The van der Waals surface area contributed by atoms with Gasteiger partial charge < -0.3 is 15.2 Å². The van der Waals surface area contributed by atoms with E-state index in [0.29, 0.717) is 27.0 Å². The van der Waals surface area contributed by atoms with Crippen molar-refractivity contribution in [1.82, 2.24) is 0 Å². The lowest BCUT2D eigenvalue weighted by Gasteiger charge is -2.09. The minimum atomic E-state index is -0.696. The molecular formula is C22H17Cl2N3O3. The Morgan fingerprint density at radius 3 is 2.37 bits per heavy atom. The Morgan fingerprint density at radius 2 is 1.70 bits per heavy atom. The molecule has 0 atom stereocenters. The minimum Gasteiger partial charge on any atom is -0.505 e. The first-order valence-electron chi connectivity index (χ1n) is 8.79. The van der Waals surface area contributed by atoms with Crippen LogP contribution >= 0.6 is 23.2 Å². The van der Waals surface area contributed by atoms with E-state index < -0.39 is 5.91 Å². The van der Waals surface area contributed by atoms with E-state index in [2.05, 4.69) is 15.5 Å². The van der Waals surface area contributed by atoms with Gasteiger partial charge in [0.05, 0.1) is 23.5 Å². The summed E-state index contributed by atoms with van der Waals surface area (Å²) < 4.78 is 5.11. The molecule has 0 radical (unpaired) electrons. The van der Waals surface area contributed by atoms with Gasteiger partial charge in [-0.2, -0.15) is 5.11 Å². The molecule has 2 N–H and O–H groups in total. The Hall–Kier alpha value is -3.35. The van der Waals surface area contributed by atoms with Crippen LogP contribution in [0.15, 0.2) is 88.7 Å². The first-order chi connectivity index (χ1) is 14.5. The summed E-state index contributed by atoms with van der Waals surface area (Å²) in [7, 11) is 1.56. The van der Waals surface area contributed by atoms with Crippen LogP contribution in [0, 0.1) is 0 Å². The van der Waals surface area contributed by atoms with E-state index >= 15 is 0 Å². The molecule has 0 unspecified atom stereocenters. The van der Waals surface area contributed by atoms with Gasteiger partial charge in [-0.1, -0.05) is 53.5 Å². The van der Waals surface area contributed by atoms with E-state index in [1.165, 1.54) is 6.07 Å². The molecule has 0 fully saturated rings. The number of hydrogen-bond acceptors (Lipinski definition) is 5. The van der Waals surface area contributed by atoms with Gasteiger partial charge in [-0.25, -0.2) is 0 Å². The summed E-state index contributed by atoms with van der Waals surface area (Å²) in [5.41, 5.74) is 0.886. The summed E-state index contributed by atoms with van der Waals surface area (Å²) in [6.07, 6.45) is 0.